The maximum atomic E-state index is 13.6. The van der Waals surface area contributed by atoms with Crippen molar-refractivity contribution in [2.24, 2.45) is 0 Å². The Labute approximate surface area is 195 Å². The van der Waals surface area contributed by atoms with Gasteiger partial charge in [0.2, 0.25) is 6.79 Å². The van der Waals surface area contributed by atoms with Crippen LogP contribution >= 0.6 is 0 Å². The lowest BCUT2D eigenvalue weighted by atomic mass is 10.1. The molecule has 34 heavy (non-hydrogen) atoms. The molecular weight excluding hydrogens is 434 g/mol. The largest absolute Gasteiger partial charge is 0.497 e. The van der Waals surface area contributed by atoms with Crippen molar-refractivity contribution < 1.29 is 19.0 Å². The Kier molecular flexibility index (Phi) is 5.41. The number of methoxy groups -OCH3 is 1. The molecule has 1 atom stereocenters. The Morgan fingerprint density at radius 2 is 1.85 bits per heavy atom. The molecule has 1 aliphatic rings. The molecule has 1 amide bonds. The van der Waals surface area contributed by atoms with Crippen LogP contribution in [-0.2, 0) is 0 Å². The lowest BCUT2D eigenvalue weighted by molar-refractivity contribution is 0.0734. The summed E-state index contributed by atoms with van der Waals surface area (Å²) in [7, 11) is 3.26. The molecule has 0 radical (unpaired) electrons. The smallest absolute Gasteiger partial charge is 0.266 e. The van der Waals surface area contributed by atoms with Crippen molar-refractivity contribution in [2.75, 3.05) is 21.0 Å². The van der Waals surface area contributed by atoms with E-state index in [1.165, 1.54) is 0 Å². The summed E-state index contributed by atoms with van der Waals surface area (Å²) >= 11 is 0. The lowest BCUT2D eigenvalue weighted by Gasteiger charge is -2.27. The van der Waals surface area contributed by atoms with Gasteiger partial charge in [0.25, 0.3) is 11.5 Å². The van der Waals surface area contributed by atoms with Crippen LogP contribution in [0.25, 0.3) is 16.6 Å². The van der Waals surface area contributed by atoms with Crippen molar-refractivity contribution in [2.45, 2.75) is 13.0 Å². The molecule has 0 fully saturated rings. The molecule has 172 valence electrons. The van der Waals surface area contributed by atoms with Gasteiger partial charge in [-0.3, -0.25) is 14.2 Å². The molecule has 1 aromatic heterocycles. The minimum atomic E-state index is -0.526. The highest BCUT2D eigenvalue weighted by Crippen LogP contribution is 2.33. The van der Waals surface area contributed by atoms with E-state index in [0.717, 1.165) is 0 Å². The summed E-state index contributed by atoms with van der Waals surface area (Å²) in [5.74, 6) is 1.96. The fourth-order valence-electron chi connectivity index (χ4n) is 4.01. The van der Waals surface area contributed by atoms with E-state index >= 15 is 0 Å². The molecule has 0 bridgehead atoms. The second-order valence-electron chi connectivity index (χ2n) is 7.99. The van der Waals surface area contributed by atoms with Gasteiger partial charge < -0.3 is 19.1 Å². The molecule has 8 nitrogen and oxygen atoms in total. The van der Waals surface area contributed by atoms with E-state index in [0.29, 0.717) is 45.2 Å². The number of fused-ring (bicyclic) bond motifs is 2. The Morgan fingerprint density at radius 3 is 2.68 bits per heavy atom. The fraction of sp³-hybridized carbons (Fsp3) is 0.192. The highest BCUT2D eigenvalue weighted by Gasteiger charge is 2.26. The molecule has 2 heterocycles. The number of carbonyl (C=O) groups excluding carboxylic acids is 1. The van der Waals surface area contributed by atoms with Gasteiger partial charge in [-0.25, -0.2) is 4.98 Å². The summed E-state index contributed by atoms with van der Waals surface area (Å²) in [6, 6.07) is 18.9. The Morgan fingerprint density at radius 1 is 1.06 bits per heavy atom. The number of amides is 1. The van der Waals surface area contributed by atoms with E-state index in [-0.39, 0.29) is 18.3 Å². The molecule has 4 aromatic rings. The molecule has 0 N–H and O–H groups in total. The van der Waals surface area contributed by atoms with Crippen LogP contribution in [0.3, 0.4) is 0 Å². The molecule has 0 spiro atoms. The first kappa shape index (κ1) is 21.5. The van der Waals surface area contributed by atoms with Crippen LogP contribution in [-0.4, -0.2) is 41.3 Å². The zero-order valence-electron chi connectivity index (χ0n) is 19.0. The molecule has 8 heteroatoms. The fourth-order valence-corrected chi connectivity index (χ4v) is 4.01. The van der Waals surface area contributed by atoms with Gasteiger partial charge in [-0.2, -0.15) is 0 Å². The summed E-state index contributed by atoms with van der Waals surface area (Å²) in [5, 5.41) is 0.492. The average Bonchev–Trinajstić information content (AvgIpc) is 3.35. The molecule has 0 saturated carbocycles. The van der Waals surface area contributed by atoms with E-state index in [4.69, 9.17) is 19.2 Å². The van der Waals surface area contributed by atoms with Gasteiger partial charge in [0.05, 0.1) is 29.7 Å². The predicted molar refractivity (Wildman–Crippen MR) is 127 cm³/mol. The van der Waals surface area contributed by atoms with Crippen LogP contribution in [0.1, 0.15) is 29.1 Å². The van der Waals surface area contributed by atoms with Gasteiger partial charge in [0.1, 0.15) is 11.6 Å². The van der Waals surface area contributed by atoms with E-state index in [1.54, 1.807) is 72.2 Å². The number of para-hydroxylation sites is 1. The second-order valence-corrected chi connectivity index (χ2v) is 7.99. The van der Waals surface area contributed by atoms with Gasteiger partial charge in [-0.1, -0.05) is 18.2 Å². The van der Waals surface area contributed by atoms with Crippen molar-refractivity contribution in [3.05, 3.63) is 88.5 Å². The third-order valence-electron chi connectivity index (χ3n) is 6.01. The summed E-state index contributed by atoms with van der Waals surface area (Å²) in [6.45, 7) is 1.98. The lowest BCUT2D eigenvalue weighted by Crippen LogP contribution is -2.34. The predicted octanol–water partition coefficient (Wildman–Crippen LogP) is 3.96. The highest BCUT2D eigenvalue weighted by atomic mass is 16.7. The van der Waals surface area contributed by atoms with Gasteiger partial charge in [0.15, 0.2) is 11.5 Å². The Bertz CT molecular complexity index is 1460. The number of hydrogen-bond donors (Lipinski definition) is 0. The van der Waals surface area contributed by atoms with Crippen molar-refractivity contribution in [3.63, 3.8) is 0 Å². The standard InChI is InChI=1S/C26H23N3O5/c1-16(28(2)25(30)17-11-12-22-23(13-17)34-15-33-22)24-27-21-10-5-4-9-20(21)26(31)29(24)18-7-6-8-19(14-18)32-3/h4-14,16H,15H2,1-3H3. The second kappa shape index (κ2) is 8.55. The minimum absolute atomic E-state index is 0.132. The number of rotatable bonds is 5. The quantitative estimate of drug-likeness (QED) is 0.451. The first-order valence-corrected chi connectivity index (χ1v) is 10.8. The summed E-state index contributed by atoms with van der Waals surface area (Å²) in [6.07, 6.45) is 0. The van der Waals surface area contributed by atoms with E-state index in [1.807, 2.05) is 25.1 Å². The molecule has 0 aliphatic carbocycles. The Balaban J connectivity index is 1.61. The maximum absolute atomic E-state index is 13.6. The molecule has 3 aromatic carbocycles. The normalized spacial score (nSPS) is 13.0. The molecule has 0 saturated heterocycles. The number of carbonyl (C=O) groups is 1. The summed E-state index contributed by atoms with van der Waals surface area (Å²) in [5.41, 5.74) is 1.41. The van der Waals surface area contributed by atoms with Crippen LogP contribution in [0.15, 0.2) is 71.5 Å². The van der Waals surface area contributed by atoms with Crippen LogP contribution < -0.4 is 19.8 Å². The topological polar surface area (TPSA) is 82.9 Å². The number of hydrogen-bond acceptors (Lipinski definition) is 6. The number of nitrogens with zero attached hydrogens (tertiary/aromatic N) is 3. The first-order chi connectivity index (χ1) is 16.5. The Hall–Kier alpha value is -4.33. The maximum Gasteiger partial charge on any atom is 0.266 e. The van der Waals surface area contributed by atoms with Gasteiger partial charge in [0, 0.05) is 18.7 Å². The van der Waals surface area contributed by atoms with Crippen molar-refractivity contribution >= 4 is 16.8 Å². The zero-order chi connectivity index (χ0) is 23.8. The van der Waals surface area contributed by atoms with E-state index in [2.05, 4.69) is 0 Å². The number of ether oxygens (including phenoxy) is 3. The van der Waals surface area contributed by atoms with Crippen molar-refractivity contribution in [3.8, 4) is 22.9 Å². The van der Waals surface area contributed by atoms with Gasteiger partial charge in [-0.15, -0.1) is 0 Å². The number of aromatic nitrogens is 2. The molecule has 5 rings (SSSR count). The molecule has 1 aliphatic heterocycles. The molecular formula is C26H23N3O5. The SMILES string of the molecule is COc1cccc(-n2c(C(C)N(C)C(=O)c3ccc4c(c3)OCO4)nc3ccccc3c2=O)c1. The zero-order valence-corrected chi connectivity index (χ0v) is 19.0. The summed E-state index contributed by atoms with van der Waals surface area (Å²) < 4.78 is 17.7. The molecule has 1 unspecified atom stereocenters. The van der Waals surface area contributed by atoms with Crippen LogP contribution in [0.4, 0.5) is 0 Å². The minimum Gasteiger partial charge on any atom is -0.497 e. The van der Waals surface area contributed by atoms with E-state index < -0.39 is 6.04 Å². The highest BCUT2D eigenvalue weighted by molar-refractivity contribution is 5.95. The van der Waals surface area contributed by atoms with Crippen LogP contribution in [0.5, 0.6) is 17.2 Å². The summed E-state index contributed by atoms with van der Waals surface area (Å²) in [4.78, 5) is 33.3. The van der Waals surface area contributed by atoms with Crippen LogP contribution in [0, 0.1) is 0 Å². The van der Waals surface area contributed by atoms with Crippen molar-refractivity contribution in [1.82, 2.24) is 14.5 Å². The first-order valence-electron chi connectivity index (χ1n) is 10.8. The van der Waals surface area contributed by atoms with Gasteiger partial charge in [-0.05, 0) is 49.4 Å². The average molecular weight is 457 g/mol. The monoisotopic (exact) mass is 457 g/mol. The van der Waals surface area contributed by atoms with Crippen molar-refractivity contribution in [1.29, 1.82) is 0 Å². The van der Waals surface area contributed by atoms with E-state index in [9.17, 15) is 9.59 Å². The third-order valence-corrected chi connectivity index (χ3v) is 6.01. The van der Waals surface area contributed by atoms with Gasteiger partial charge >= 0.3 is 0 Å². The number of benzene rings is 3. The third kappa shape index (κ3) is 3.63. The van der Waals surface area contributed by atoms with Crippen LogP contribution in [0.2, 0.25) is 0 Å².